The van der Waals surface area contributed by atoms with E-state index in [2.05, 4.69) is 15.6 Å². The van der Waals surface area contributed by atoms with Crippen LogP contribution in [-0.4, -0.2) is 47.0 Å². The molecule has 3 amide bonds. The van der Waals surface area contributed by atoms with Crippen LogP contribution in [0.2, 0.25) is 0 Å². The highest BCUT2D eigenvalue weighted by Gasteiger charge is 2.13. The lowest BCUT2D eigenvalue weighted by Gasteiger charge is -2.17. The molecule has 1 aromatic heterocycles. The van der Waals surface area contributed by atoms with Gasteiger partial charge in [0, 0.05) is 32.5 Å². The molecule has 7 heteroatoms. The molecular weight excluding hydrogens is 246 g/mol. The lowest BCUT2D eigenvalue weighted by Crippen LogP contribution is -2.42. The second-order valence-corrected chi connectivity index (χ2v) is 4.53. The van der Waals surface area contributed by atoms with Crippen LogP contribution in [0.25, 0.3) is 0 Å². The van der Waals surface area contributed by atoms with Crippen LogP contribution in [0.1, 0.15) is 25.7 Å². The van der Waals surface area contributed by atoms with Crippen molar-refractivity contribution in [1.29, 1.82) is 0 Å². The Labute approximate surface area is 113 Å². The Morgan fingerprint density at radius 2 is 2.16 bits per heavy atom. The van der Waals surface area contributed by atoms with Gasteiger partial charge in [-0.1, -0.05) is 0 Å². The summed E-state index contributed by atoms with van der Waals surface area (Å²) in [5, 5.41) is 5.20. The minimum absolute atomic E-state index is 0.0287. The molecule has 0 aliphatic carbocycles. The molecule has 7 nitrogen and oxygen atoms in total. The predicted molar refractivity (Wildman–Crippen MR) is 71.5 cm³/mol. The van der Waals surface area contributed by atoms with Gasteiger partial charge < -0.3 is 20.1 Å². The third-order valence-corrected chi connectivity index (χ3v) is 2.71. The highest BCUT2D eigenvalue weighted by atomic mass is 16.2. The van der Waals surface area contributed by atoms with Crippen LogP contribution in [0.3, 0.4) is 0 Å². The summed E-state index contributed by atoms with van der Waals surface area (Å²) < 4.78 is 1.99. The van der Waals surface area contributed by atoms with Gasteiger partial charge in [0.1, 0.15) is 12.4 Å². The molecule has 0 spiro atoms. The number of likely N-dealkylation sites (N-methyl/N-ethyl adjacent to an activating group) is 2. The van der Waals surface area contributed by atoms with E-state index in [4.69, 9.17) is 0 Å². The first-order valence-electron chi connectivity index (χ1n) is 6.17. The second kappa shape index (κ2) is 6.77. The van der Waals surface area contributed by atoms with E-state index in [-0.39, 0.29) is 24.5 Å². The van der Waals surface area contributed by atoms with Crippen molar-refractivity contribution < 1.29 is 9.59 Å². The maximum absolute atomic E-state index is 11.8. The lowest BCUT2D eigenvalue weighted by atomic mass is 10.4. The van der Waals surface area contributed by atoms with Crippen molar-refractivity contribution in [3.63, 3.8) is 0 Å². The number of carbonyl (C=O) groups is 2. The lowest BCUT2D eigenvalue weighted by molar-refractivity contribution is -0.120. The van der Waals surface area contributed by atoms with E-state index in [0.29, 0.717) is 6.54 Å². The number of nitrogens with one attached hydrogen (secondary N) is 2. The zero-order valence-electron chi connectivity index (χ0n) is 11.8. The molecule has 0 saturated heterocycles. The molecular formula is C12H21N5O2. The number of amides is 3. The van der Waals surface area contributed by atoms with Crippen LogP contribution in [0, 0.1) is 0 Å². The quantitative estimate of drug-likeness (QED) is 0.808. The molecule has 1 aromatic rings. The molecule has 0 unspecified atom stereocenters. The third kappa shape index (κ3) is 4.27. The summed E-state index contributed by atoms with van der Waals surface area (Å²) in [5.41, 5.74) is 0. The zero-order chi connectivity index (χ0) is 14.4. The summed E-state index contributed by atoms with van der Waals surface area (Å²) in [6.45, 7) is 4.46. The van der Waals surface area contributed by atoms with Crippen molar-refractivity contribution in [1.82, 2.24) is 25.1 Å². The number of aromatic nitrogens is 2. The smallest absolute Gasteiger partial charge is 0.317 e. The summed E-state index contributed by atoms with van der Waals surface area (Å²) in [7, 11) is 3.10. The number of nitrogens with zero attached hydrogens (tertiary/aromatic N) is 3. The molecule has 0 atom stereocenters. The first-order valence-corrected chi connectivity index (χ1v) is 6.17. The summed E-state index contributed by atoms with van der Waals surface area (Å²) in [4.78, 5) is 28.4. The summed E-state index contributed by atoms with van der Waals surface area (Å²) in [5.74, 6) is 0.582. The van der Waals surface area contributed by atoms with E-state index >= 15 is 0 Å². The standard InChI is InChI=1S/C12H21N5O2/c1-9(2)17-6-5-14-10(17)7-15-12(19)16(4)8-11(18)13-3/h5-6,9H,7-8H2,1-4H3,(H,13,18)(H,15,19). The minimum atomic E-state index is -0.304. The summed E-state index contributed by atoms with van der Waals surface area (Å²) >= 11 is 0. The van der Waals surface area contributed by atoms with Crippen molar-refractivity contribution in [3.05, 3.63) is 18.2 Å². The summed E-state index contributed by atoms with van der Waals surface area (Å²) in [6, 6.07) is -0.0140. The molecule has 19 heavy (non-hydrogen) atoms. The SMILES string of the molecule is CNC(=O)CN(C)C(=O)NCc1nccn1C(C)C. The van der Waals surface area contributed by atoms with Crippen molar-refractivity contribution in [2.45, 2.75) is 26.4 Å². The van der Waals surface area contributed by atoms with Gasteiger partial charge in [-0.15, -0.1) is 0 Å². The van der Waals surface area contributed by atoms with Crippen molar-refractivity contribution in [2.24, 2.45) is 0 Å². The molecule has 2 N–H and O–H groups in total. The van der Waals surface area contributed by atoms with Crippen LogP contribution < -0.4 is 10.6 Å². The topological polar surface area (TPSA) is 79.3 Å². The van der Waals surface area contributed by atoms with Gasteiger partial charge in [0.15, 0.2) is 0 Å². The van der Waals surface area contributed by atoms with Crippen molar-refractivity contribution >= 4 is 11.9 Å². The van der Waals surface area contributed by atoms with Gasteiger partial charge in [0.25, 0.3) is 0 Å². The fourth-order valence-electron chi connectivity index (χ4n) is 1.61. The number of urea groups is 1. The molecule has 1 rings (SSSR count). The Bertz CT molecular complexity index is 441. The van der Waals surface area contributed by atoms with E-state index in [1.807, 2.05) is 24.6 Å². The van der Waals surface area contributed by atoms with E-state index in [9.17, 15) is 9.59 Å². The number of imidazole rings is 1. The molecule has 1 heterocycles. The number of rotatable bonds is 5. The minimum Gasteiger partial charge on any atom is -0.358 e. The van der Waals surface area contributed by atoms with Crippen molar-refractivity contribution in [3.8, 4) is 0 Å². The number of hydrogen-bond acceptors (Lipinski definition) is 3. The van der Waals surface area contributed by atoms with Gasteiger partial charge >= 0.3 is 6.03 Å². The highest BCUT2D eigenvalue weighted by Crippen LogP contribution is 2.07. The van der Waals surface area contributed by atoms with Crippen LogP contribution in [-0.2, 0) is 11.3 Å². The average molecular weight is 267 g/mol. The maximum Gasteiger partial charge on any atom is 0.317 e. The van der Waals surface area contributed by atoms with E-state index in [0.717, 1.165) is 5.82 Å². The Kier molecular flexibility index (Phi) is 5.35. The molecule has 0 aliphatic heterocycles. The zero-order valence-corrected chi connectivity index (χ0v) is 11.8. The monoisotopic (exact) mass is 267 g/mol. The van der Waals surface area contributed by atoms with E-state index in [1.165, 1.54) is 11.9 Å². The van der Waals surface area contributed by atoms with Crippen LogP contribution >= 0.6 is 0 Å². The Morgan fingerprint density at radius 1 is 1.47 bits per heavy atom. The first kappa shape index (κ1) is 15.0. The van der Waals surface area contributed by atoms with Crippen LogP contribution in [0.5, 0.6) is 0 Å². The normalized spacial score (nSPS) is 10.4. The van der Waals surface area contributed by atoms with E-state index in [1.54, 1.807) is 13.2 Å². The Hall–Kier alpha value is -2.05. The Morgan fingerprint density at radius 3 is 2.74 bits per heavy atom. The average Bonchev–Trinajstić information content (AvgIpc) is 2.83. The van der Waals surface area contributed by atoms with Gasteiger partial charge in [0.2, 0.25) is 5.91 Å². The summed E-state index contributed by atoms with van der Waals surface area (Å²) in [6.07, 6.45) is 3.58. The van der Waals surface area contributed by atoms with Gasteiger partial charge in [-0.3, -0.25) is 4.79 Å². The molecule has 0 saturated carbocycles. The van der Waals surface area contributed by atoms with Gasteiger partial charge in [0.05, 0.1) is 6.54 Å². The largest absolute Gasteiger partial charge is 0.358 e. The predicted octanol–water partition coefficient (Wildman–Crippen LogP) is 0.351. The van der Waals surface area contributed by atoms with Gasteiger partial charge in [-0.05, 0) is 13.8 Å². The fraction of sp³-hybridized carbons (Fsp3) is 0.583. The molecule has 106 valence electrons. The highest BCUT2D eigenvalue weighted by molar-refractivity contribution is 5.83. The number of hydrogen-bond donors (Lipinski definition) is 2. The van der Waals surface area contributed by atoms with Gasteiger partial charge in [-0.2, -0.15) is 0 Å². The third-order valence-electron chi connectivity index (χ3n) is 2.71. The molecule has 0 aromatic carbocycles. The van der Waals surface area contributed by atoms with Crippen molar-refractivity contribution in [2.75, 3.05) is 20.6 Å². The van der Waals surface area contributed by atoms with Gasteiger partial charge in [-0.25, -0.2) is 9.78 Å². The first-order chi connectivity index (χ1) is 8.95. The van der Waals surface area contributed by atoms with E-state index < -0.39 is 0 Å². The van der Waals surface area contributed by atoms with Crippen LogP contribution in [0.15, 0.2) is 12.4 Å². The van der Waals surface area contributed by atoms with Crippen LogP contribution in [0.4, 0.5) is 4.79 Å². The molecule has 0 radical (unpaired) electrons. The number of carbonyl (C=O) groups excluding carboxylic acids is 2. The fourth-order valence-corrected chi connectivity index (χ4v) is 1.61. The molecule has 0 bridgehead atoms. The maximum atomic E-state index is 11.8. The molecule has 0 aliphatic rings. The molecule has 0 fully saturated rings. The second-order valence-electron chi connectivity index (χ2n) is 4.53. The Balaban J connectivity index is 2.50.